The van der Waals surface area contributed by atoms with Crippen molar-refractivity contribution in [1.29, 1.82) is 0 Å². The minimum atomic E-state index is -0.578. The van der Waals surface area contributed by atoms with Crippen molar-refractivity contribution >= 4 is 17.7 Å². The van der Waals surface area contributed by atoms with Gasteiger partial charge in [-0.2, -0.15) is 4.79 Å². The summed E-state index contributed by atoms with van der Waals surface area (Å²) in [5.41, 5.74) is 9.44. The molecule has 2 aliphatic heterocycles. The number of hydrogen-bond donors (Lipinski definition) is 0. The van der Waals surface area contributed by atoms with Crippen molar-refractivity contribution in [2.45, 2.75) is 76.9 Å². The molecule has 7 heteroatoms. The lowest BCUT2D eigenvalue weighted by Crippen LogP contribution is -2.59. The summed E-state index contributed by atoms with van der Waals surface area (Å²) in [6.45, 7) is 4.12. The molecule has 0 aromatic carbocycles. The van der Waals surface area contributed by atoms with E-state index in [0.717, 1.165) is 38.5 Å². The van der Waals surface area contributed by atoms with Crippen LogP contribution in [0.4, 0.5) is 0 Å². The second-order valence-corrected chi connectivity index (χ2v) is 6.35. The van der Waals surface area contributed by atoms with Gasteiger partial charge >= 0.3 is 17.7 Å². The van der Waals surface area contributed by atoms with Crippen LogP contribution >= 0.6 is 0 Å². The fourth-order valence-corrected chi connectivity index (χ4v) is 4.03. The zero-order valence-corrected chi connectivity index (χ0v) is 14.6. The van der Waals surface area contributed by atoms with E-state index in [9.17, 15) is 15.1 Å². The fraction of sp³-hybridized carbons (Fsp3) is 0.824. The van der Waals surface area contributed by atoms with Gasteiger partial charge in [0.1, 0.15) is 6.04 Å². The molecule has 2 heterocycles. The van der Waals surface area contributed by atoms with Crippen LogP contribution in [0.5, 0.6) is 0 Å². The molecule has 3 atom stereocenters. The van der Waals surface area contributed by atoms with Gasteiger partial charge in [-0.05, 0) is 46.0 Å². The molecule has 2 rings (SSSR count). The Morgan fingerprint density at radius 2 is 1.75 bits per heavy atom. The Kier molecular flexibility index (Phi) is 6.94. The number of rotatable bonds is 6. The van der Waals surface area contributed by atoms with E-state index in [4.69, 9.17) is 9.47 Å². The first-order valence-electron chi connectivity index (χ1n) is 8.94. The molecule has 0 saturated carbocycles. The number of hydrogen-bond acceptors (Lipinski definition) is 5. The molecule has 24 heavy (non-hydrogen) atoms. The lowest BCUT2D eigenvalue weighted by molar-refractivity contribution is -0.146. The Bertz CT molecular complexity index is 514. The Labute approximate surface area is 142 Å². The third-order valence-electron chi connectivity index (χ3n) is 4.91. The molecule has 0 N–H and O–H groups in total. The third kappa shape index (κ3) is 4.22. The number of esters is 2. The van der Waals surface area contributed by atoms with Gasteiger partial charge in [0.05, 0.1) is 19.6 Å². The van der Waals surface area contributed by atoms with Gasteiger partial charge in [-0.25, -0.2) is 4.79 Å². The van der Waals surface area contributed by atoms with E-state index in [0.29, 0.717) is 19.1 Å². The maximum absolute atomic E-state index is 12.1. The smallest absolute Gasteiger partial charge is 0.418 e. The minimum Gasteiger partial charge on any atom is -0.466 e. The molecule has 0 radical (unpaired) electrons. The van der Waals surface area contributed by atoms with Crippen molar-refractivity contribution in [3.8, 4) is 0 Å². The van der Waals surface area contributed by atoms with Gasteiger partial charge in [-0.1, -0.05) is 6.42 Å². The van der Waals surface area contributed by atoms with E-state index < -0.39 is 5.97 Å². The standard InChI is InChI=1S/C17H27N3O4/c1-3-23-15(21)11-13-9-5-7-12-8-6-10-14(20(12)13)16(19-18)17(22)24-4-2/h12-14H,3-11H2,1-2H3/t12-,13-,14-/m1/s1. The summed E-state index contributed by atoms with van der Waals surface area (Å²) in [5, 5.41) is 0. The summed E-state index contributed by atoms with van der Waals surface area (Å²) in [4.78, 5) is 29.6. The molecule has 2 fully saturated rings. The summed E-state index contributed by atoms with van der Waals surface area (Å²) in [5.74, 6) is -0.794. The van der Waals surface area contributed by atoms with E-state index in [2.05, 4.69) is 9.69 Å². The Morgan fingerprint density at radius 3 is 2.38 bits per heavy atom. The molecule has 134 valence electrons. The van der Waals surface area contributed by atoms with E-state index in [-0.39, 0.29) is 30.4 Å². The van der Waals surface area contributed by atoms with Gasteiger partial charge in [0.2, 0.25) is 0 Å². The molecule has 0 spiro atoms. The second kappa shape index (κ2) is 8.94. The van der Waals surface area contributed by atoms with Crippen molar-refractivity contribution in [2.75, 3.05) is 13.2 Å². The molecule has 0 aliphatic carbocycles. The van der Waals surface area contributed by atoms with Crippen LogP contribution in [0.25, 0.3) is 5.53 Å². The van der Waals surface area contributed by atoms with Crippen molar-refractivity contribution in [2.24, 2.45) is 0 Å². The van der Waals surface area contributed by atoms with Crippen LogP contribution in [-0.4, -0.2) is 58.7 Å². The van der Waals surface area contributed by atoms with E-state index in [1.807, 2.05) is 0 Å². The number of ether oxygens (including phenoxy) is 2. The van der Waals surface area contributed by atoms with Gasteiger partial charge in [0.25, 0.3) is 0 Å². The number of nitrogens with zero attached hydrogens (tertiary/aromatic N) is 3. The van der Waals surface area contributed by atoms with Crippen molar-refractivity contribution in [3.63, 3.8) is 0 Å². The van der Waals surface area contributed by atoms with E-state index in [1.54, 1.807) is 13.8 Å². The Hall–Kier alpha value is -1.72. The Balaban J connectivity index is 2.21. The van der Waals surface area contributed by atoms with Crippen LogP contribution in [0.15, 0.2) is 0 Å². The molecule has 7 nitrogen and oxygen atoms in total. The monoisotopic (exact) mass is 337 g/mol. The minimum absolute atomic E-state index is 0.0132. The lowest BCUT2D eigenvalue weighted by atomic mass is 9.83. The van der Waals surface area contributed by atoms with Crippen molar-refractivity contribution in [3.05, 3.63) is 5.53 Å². The average Bonchev–Trinajstić information content (AvgIpc) is 2.56. The summed E-state index contributed by atoms with van der Waals surface area (Å²) >= 11 is 0. The lowest BCUT2D eigenvalue weighted by Gasteiger charge is -2.47. The highest BCUT2D eigenvalue weighted by Crippen LogP contribution is 2.35. The molecular weight excluding hydrogens is 310 g/mol. The maximum Gasteiger partial charge on any atom is 0.418 e. The first kappa shape index (κ1) is 18.6. The summed E-state index contributed by atoms with van der Waals surface area (Å²) < 4.78 is 10.1. The highest BCUT2D eigenvalue weighted by molar-refractivity contribution is 6.36. The summed E-state index contributed by atoms with van der Waals surface area (Å²) in [6, 6.07) is 0.0231. The zero-order chi connectivity index (χ0) is 17.5. The maximum atomic E-state index is 12.1. The molecule has 2 aliphatic rings. The first-order chi connectivity index (χ1) is 11.6. The van der Waals surface area contributed by atoms with E-state index in [1.165, 1.54) is 0 Å². The molecule has 0 bridgehead atoms. The second-order valence-electron chi connectivity index (χ2n) is 6.35. The summed E-state index contributed by atoms with van der Waals surface area (Å²) in [7, 11) is 0. The first-order valence-corrected chi connectivity index (χ1v) is 8.94. The van der Waals surface area contributed by atoms with Crippen molar-refractivity contribution < 1.29 is 23.9 Å². The SMILES string of the molecule is CCOC(=O)C[C@H]1CCC[C@@H]2CCC[C@H](C(=[N+]=[N-])C(=O)OCC)N21. The van der Waals surface area contributed by atoms with Crippen LogP contribution in [0, 0.1) is 0 Å². The van der Waals surface area contributed by atoms with Gasteiger partial charge in [-0.3, -0.25) is 9.69 Å². The molecule has 0 aromatic heterocycles. The number of carbonyl (C=O) groups is 2. The quantitative estimate of drug-likeness (QED) is 0.320. The van der Waals surface area contributed by atoms with Crippen LogP contribution in [0.2, 0.25) is 0 Å². The Morgan fingerprint density at radius 1 is 1.08 bits per heavy atom. The highest BCUT2D eigenvalue weighted by atomic mass is 16.5. The van der Waals surface area contributed by atoms with Crippen LogP contribution < -0.4 is 0 Å². The topological polar surface area (TPSA) is 92.2 Å². The zero-order valence-electron chi connectivity index (χ0n) is 14.6. The average molecular weight is 337 g/mol. The van der Waals surface area contributed by atoms with Crippen molar-refractivity contribution in [1.82, 2.24) is 4.90 Å². The largest absolute Gasteiger partial charge is 0.466 e. The number of piperidine rings is 2. The number of carbonyl (C=O) groups excluding carboxylic acids is 2. The predicted octanol–water partition coefficient (Wildman–Crippen LogP) is 1.95. The van der Waals surface area contributed by atoms with Gasteiger partial charge in [0, 0.05) is 12.1 Å². The van der Waals surface area contributed by atoms with Crippen LogP contribution in [0.1, 0.15) is 58.8 Å². The highest BCUT2D eigenvalue weighted by Gasteiger charge is 2.46. The normalized spacial score (nSPS) is 26.8. The van der Waals surface area contributed by atoms with Gasteiger partial charge < -0.3 is 15.0 Å². The molecule has 0 aromatic rings. The third-order valence-corrected chi connectivity index (χ3v) is 4.91. The number of fused-ring (bicyclic) bond motifs is 1. The summed E-state index contributed by atoms with van der Waals surface area (Å²) in [6.07, 6.45) is 6.03. The molecular formula is C17H27N3O4. The predicted molar refractivity (Wildman–Crippen MR) is 87.4 cm³/mol. The molecule has 2 saturated heterocycles. The van der Waals surface area contributed by atoms with Crippen LogP contribution in [0.3, 0.4) is 0 Å². The molecule has 0 amide bonds. The fourth-order valence-electron chi connectivity index (χ4n) is 4.03. The molecule has 0 unspecified atom stereocenters. The van der Waals surface area contributed by atoms with Gasteiger partial charge in [0.15, 0.2) is 0 Å². The van der Waals surface area contributed by atoms with Crippen LogP contribution in [-0.2, 0) is 19.1 Å². The van der Waals surface area contributed by atoms with E-state index >= 15 is 0 Å². The van der Waals surface area contributed by atoms with Gasteiger partial charge in [-0.15, -0.1) is 0 Å².